The molecule has 0 radical (unpaired) electrons. The normalized spacial score (nSPS) is 10.9. The summed E-state index contributed by atoms with van der Waals surface area (Å²) in [5, 5.41) is 1.74. The zero-order valence-electron chi connectivity index (χ0n) is 7.31. The highest BCUT2D eigenvalue weighted by molar-refractivity contribution is 9.13. The molecule has 0 fully saturated rings. The van der Waals surface area contributed by atoms with Crippen LogP contribution in [-0.4, -0.2) is 4.98 Å². The quantitative estimate of drug-likeness (QED) is 0.679. The van der Waals surface area contributed by atoms with E-state index in [0.29, 0.717) is 0 Å². The Morgan fingerprint density at radius 1 is 1.21 bits per heavy atom. The molecule has 0 saturated carbocycles. The van der Waals surface area contributed by atoms with Gasteiger partial charge in [0, 0.05) is 14.9 Å². The molecule has 0 amide bonds. The van der Waals surface area contributed by atoms with Crippen LogP contribution in [0.25, 0.3) is 10.9 Å². The van der Waals surface area contributed by atoms with Gasteiger partial charge in [-0.25, -0.2) is 0 Å². The van der Waals surface area contributed by atoms with Crippen molar-refractivity contribution in [1.29, 1.82) is 0 Å². The lowest BCUT2D eigenvalue weighted by Gasteiger charge is -2.05. The molecule has 4 heteroatoms. The smallest absolute Gasteiger partial charge is 0.0718 e. The van der Waals surface area contributed by atoms with Crippen LogP contribution in [0.3, 0.4) is 0 Å². The van der Waals surface area contributed by atoms with Crippen molar-refractivity contribution in [3.8, 4) is 0 Å². The second-order valence-electron chi connectivity index (χ2n) is 2.99. The summed E-state index contributed by atoms with van der Waals surface area (Å²) >= 11 is 12.9. The SMILES string of the molecule is Cc1nc2ccc(Cl)cc2c(Br)c1Br. The first-order valence-electron chi connectivity index (χ1n) is 4.00. The maximum Gasteiger partial charge on any atom is 0.0718 e. The molecule has 0 saturated heterocycles. The van der Waals surface area contributed by atoms with E-state index < -0.39 is 0 Å². The minimum atomic E-state index is 0.718. The van der Waals surface area contributed by atoms with Gasteiger partial charge in [0.05, 0.1) is 15.7 Å². The van der Waals surface area contributed by atoms with E-state index in [0.717, 1.165) is 30.6 Å². The lowest BCUT2D eigenvalue weighted by Crippen LogP contribution is -1.87. The van der Waals surface area contributed by atoms with Crippen LogP contribution in [0.2, 0.25) is 5.02 Å². The van der Waals surface area contributed by atoms with Crippen molar-refractivity contribution in [3.05, 3.63) is 37.9 Å². The van der Waals surface area contributed by atoms with Crippen molar-refractivity contribution in [3.63, 3.8) is 0 Å². The van der Waals surface area contributed by atoms with Gasteiger partial charge < -0.3 is 0 Å². The Morgan fingerprint density at radius 2 is 1.93 bits per heavy atom. The molecule has 0 N–H and O–H groups in total. The molecule has 1 nitrogen and oxygen atoms in total. The number of aryl methyl sites for hydroxylation is 1. The molecule has 0 aliphatic rings. The van der Waals surface area contributed by atoms with E-state index in [1.54, 1.807) is 0 Å². The zero-order chi connectivity index (χ0) is 10.3. The predicted molar refractivity (Wildman–Crippen MR) is 66.9 cm³/mol. The number of aromatic nitrogens is 1. The molecule has 0 unspecified atom stereocenters. The summed E-state index contributed by atoms with van der Waals surface area (Å²) in [6.07, 6.45) is 0. The van der Waals surface area contributed by atoms with E-state index in [1.165, 1.54) is 0 Å². The minimum Gasteiger partial charge on any atom is -0.252 e. The monoisotopic (exact) mass is 333 g/mol. The lowest BCUT2D eigenvalue weighted by atomic mass is 10.2. The standard InChI is InChI=1S/C10H6Br2ClN/c1-5-9(11)10(12)7-4-6(13)2-3-8(7)14-5/h2-4H,1H3. The molecule has 1 aromatic carbocycles. The molecule has 0 aliphatic heterocycles. The van der Waals surface area contributed by atoms with Gasteiger partial charge in [0.25, 0.3) is 0 Å². The van der Waals surface area contributed by atoms with Crippen LogP contribution < -0.4 is 0 Å². The van der Waals surface area contributed by atoms with E-state index >= 15 is 0 Å². The Labute approximate surface area is 104 Å². The highest BCUT2D eigenvalue weighted by atomic mass is 79.9. The summed E-state index contributed by atoms with van der Waals surface area (Å²) in [5.74, 6) is 0. The number of halogens is 3. The molecule has 0 aliphatic carbocycles. The third-order valence-corrected chi connectivity index (χ3v) is 4.55. The molecular weight excluding hydrogens is 329 g/mol. The van der Waals surface area contributed by atoms with Gasteiger partial charge in [-0.1, -0.05) is 11.6 Å². The highest BCUT2D eigenvalue weighted by Gasteiger charge is 2.07. The minimum absolute atomic E-state index is 0.718. The first-order chi connectivity index (χ1) is 6.59. The number of benzene rings is 1. The number of pyridine rings is 1. The van der Waals surface area contributed by atoms with E-state index in [9.17, 15) is 0 Å². The van der Waals surface area contributed by atoms with E-state index in [-0.39, 0.29) is 0 Å². The molecule has 0 atom stereocenters. The van der Waals surface area contributed by atoms with Gasteiger partial charge in [0.2, 0.25) is 0 Å². The molecule has 2 aromatic rings. The van der Waals surface area contributed by atoms with E-state index in [4.69, 9.17) is 11.6 Å². The summed E-state index contributed by atoms with van der Waals surface area (Å²) in [5.41, 5.74) is 1.91. The average molecular weight is 335 g/mol. The predicted octanol–water partition coefficient (Wildman–Crippen LogP) is 4.72. The maximum atomic E-state index is 5.92. The number of hydrogen-bond donors (Lipinski definition) is 0. The highest BCUT2D eigenvalue weighted by Crippen LogP contribution is 2.33. The molecule has 1 heterocycles. The first kappa shape index (κ1) is 10.4. The second-order valence-corrected chi connectivity index (χ2v) is 5.01. The van der Waals surface area contributed by atoms with Crippen LogP contribution in [0.15, 0.2) is 27.1 Å². The van der Waals surface area contributed by atoms with Crippen molar-refractivity contribution in [2.24, 2.45) is 0 Å². The zero-order valence-corrected chi connectivity index (χ0v) is 11.2. The Kier molecular flexibility index (Phi) is 2.82. The third kappa shape index (κ3) is 1.69. The number of rotatable bonds is 0. The van der Waals surface area contributed by atoms with Crippen LogP contribution in [0.1, 0.15) is 5.69 Å². The molecule has 1 aromatic heterocycles. The number of hydrogen-bond acceptors (Lipinski definition) is 1. The van der Waals surface area contributed by atoms with Crippen molar-refractivity contribution in [1.82, 2.24) is 4.98 Å². The largest absolute Gasteiger partial charge is 0.252 e. The Hall–Kier alpha value is -0.120. The van der Waals surface area contributed by atoms with Gasteiger partial charge in [-0.15, -0.1) is 0 Å². The van der Waals surface area contributed by atoms with Crippen LogP contribution >= 0.6 is 43.5 Å². The Morgan fingerprint density at radius 3 is 2.64 bits per heavy atom. The van der Waals surface area contributed by atoms with E-state index in [2.05, 4.69) is 36.8 Å². The summed E-state index contributed by atoms with van der Waals surface area (Å²) in [7, 11) is 0. The van der Waals surface area contributed by atoms with Crippen molar-refractivity contribution >= 4 is 54.4 Å². The van der Waals surface area contributed by atoms with Gasteiger partial charge in [-0.2, -0.15) is 0 Å². The van der Waals surface area contributed by atoms with Gasteiger partial charge in [0.1, 0.15) is 0 Å². The fraction of sp³-hybridized carbons (Fsp3) is 0.100. The van der Waals surface area contributed by atoms with Gasteiger partial charge in [-0.3, -0.25) is 4.98 Å². The first-order valence-corrected chi connectivity index (χ1v) is 5.97. The Balaban J connectivity index is 2.92. The molecule has 0 spiro atoms. The lowest BCUT2D eigenvalue weighted by molar-refractivity contribution is 1.22. The number of nitrogens with zero attached hydrogens (tertiary/aromatic N) is 1. The van der Waals surface area contributed by atoms with Gasteiger partial charge in [-0.05, 0) is 57.0 Å². The fourth-order valence-electron chi connectivity index (χ4n) is 1.29. The molecule has 14 heavy (non-hydrogen) atoms. The van der Waals surface area contributed by atoms with Crippen molar-refractivity contribution in [2.75, 3.05) is 0 Å². The fourth-order valence-corrected chi connectivity index (χ4v) is 2.37. The van der Waals surface area contributed by atoms with Crippen molar-refractivity contribution in [2.45, 2.75) is 6.92 Å². The van der Waals surface area contributed by atoms with Crippen LogP contribution in [-0.2, 0) is 0 Å². The van der Waals surface area contributed by atoms with Gasteiger partial charge >= 0.3 is 0 Å². The average Bonchev–Trinajstić information content (AvgIpc) is 2.16. The van der Waals surface area contributed by atoms with Crippen LogP contribution in [0, 0.1) is 6.92 Å². The summed E-state index contributed by atoms with van der Waals surface area (Å²) in [4.78, 5) is 4.44. The van der Waals surface area contributed by atoms with Crippen LogP contribution in [0.4, 0.5) is 0 Å². The van der Waals surface area contributed by atoms with E-state index in [1.807, 2.05) is 25.1 Å². The molecular formula is C10H6Br2ClN. The van der Waals surface area contributed by atoms with Crippen LogP contribution in [0.5, 0.6) is 0 Å². The maximum absolute atomic E-state index is 5.92. The number of fused-ring (bicyclic) bond motifs is 1. The molecule has 72 valence electrons. The summed E-state index contributed by atoms with van der Waals surface area (Å²) < 4.78 is 1.98. The summed E-state index contributed by atoms with van der Waals surface area (Å²) in [6.45, 7) is 1.96. The summed E-state index contributed by atoms with van der Waals surface area (Å²) in [6, 6.07) is 5.66. The Bertz CT molecular complexity index is 511. The van der Waals surface area contributed by atoms with Crippen molar-refractivity contribution < 1.29 is 0 Å². The van der Waals surface area contributed by atoms with Gasteiger partial charge in [0.15, 0.2) is 0 Å². The topological polar surface area (TPSA) is 12.9 Å². The second kappa shape index (κ2) is 3.80. The molecule has 2 rings (SSSR count). The third-order valence-electron chi connectivity index (χ3n) is 1.99. The molecule has 0 bridgehead atoms.